The van der Waals surface area contributed by atoms with Gasteiger partial charge in [-0.15, -0.1) is 0 Å². The molecular weight excluding hydrogens is 393 g/mol. The molecule has 1 heterocycles. The van der Waals surface area contributed by atoms with Gasteiger partial charge >= 0.3 is 0 Å². The molecular formula is C20H20Cl3NO2. The van der Waals surface area contributed by atoms with Gasteiger partial charge in [-0.05, 0) is 54.7 Å². The Balaban J connectivity index is 1.75. The highest BCUT2D eigenvalue weighted by Gasteiger charge is 2.42. The predicted molar refractivity (Wildman–Crippen MR) is 106 cm³/mol. The van der Waals surface area contributed by atoms with E-state index in [0.29, 0.717) is 54.1 Å². The van der Waals surface area contributed by atoms with Crippen LogP contribution in [0.4, 0.5) is 0 Å². The molecule has 138 valence electrons. The van der Waals surface area contributed by atoms with Crippen molar-refractivity contribution in [2.24, 2.45) is 0 Å². The van der Waals surface area contributed by atoms with Gasteiger partial charge in [-0.1, -0.05) is 53.0 Å². The third-order valence-electron chi connectivity index (χ3n) is 4.82. The SMILES string of the molecule is O=C(NCCc1cccc(Cl)c1)C1(c2ccc(Cl)cc2Cl)CCOCC1. The maximum absolute atomic E-state index is 13.1. The number of hydrogen-bond acceptors (Lipinski definition) is 2. The number of carbonyl (C=O) groups is 1. The monoisotopic (exact) mass is 411 g/mol. The Bertz CT molecular complexity index is 788. The van der Waals surface area contributed by atoms with E-state index in [1.807, 2.05) is 30.3 Å². The van der Waals surface area contributed by atoms with E-state index < -0.39 is 5.41 Å². The summed E-state index contributed by atoms with van der Waals surface area (Å²) in [6, 6.07) is 13.0. The highest BCUT2D eigenvalue weighted by molar-refractivity contribution is 6.35. The molecule has 0 aromatic heterocycles. The number of halogens is 3. The number of ether oxygens (including phenoxy) is 1. The Kier molecular flexibility index (Phi) is 6.46. The Morgan fingerprint density at radius 1 is 1.04 bits per heavy atom. The van der Waals surface area contributed by atoms with Gasteiger partial charge < -0.3 is 10.1 Å². The normalized spacial score (nSPS) is 16.3. The van der Waals surface area contributed by atoms with Gasteiger partial charge in [0.1, 0.15) is 0 Å². The summed E-state index contributed by atoms with van der Waals surface area (Å²) < 4.78 is 5.48. The minimum Gasteiger partial charge on any atom is -0.381 e. The van der Waals surface area contributed by atoms with Crippen LogP contribution < -0.4 is 5.32 Å². The molecule has 1 amide bonds. The van der Waals surface area contributed by atoms with Crippen molar-refractivity contribution in [1.29, 1.82) is 0 Å². The fourth-order valence-electron chi connectivity index (χ4n) is 3.40. The van der Waals surface area contributed by atoms with Gasteiger partial charge in [0, 0.05) is 34.8 Å². The van der Waals surface area contributed by atoms with Crippen molar-refractivity contribution in [3.05, 3.63) is 68.7 Å². The summed E-state index contributed by atoms with van der Waals surface area (Å²) in [5.41, 5.74) is 1.21. The number of hydrogen-bond donors (Lipinski definition) is 1. The Morgan fingerprint density at radius 2 is 1.77 bits per heavy atom. The minimum absolute atomic E-state index is 0.0212. The van der Waals surface area contributed by atoms with Crippen molar-refractivity contribution in [3.63, 3.8) is 0 Å². The Morgan fingerprint density at radius 3 is 2.46 bits per heavy atom. The first kappa shape index (κ1) is 19.5. The molecule has 0 saturated carbocycles. The second-order valence-electron chi connectivity index (χ2n) is 6.45. The van der Waals surface area contributed by atoms with Gasteiger partial charge in [0.15, 0.2) is 0 Å². The lowest BCUT2D eigenvalue weighted by Crippen LogP contribution is -2.48. The molecule has 1 saturated heterocycles. The van der Waals surface area contributed by atoms with E-state index >= 15 is 0 Å². The molecule has 0 aliphatic carbocycles. The second-order valence-corrected chi connectivity index (χ2v) is 7.73. The van der Waals surface area contributed by atoms with Crippen LogP contribution in [0, 0.1) is 0 Å². The summed E-state index contributed by atoms with van der Waals surface area (Å²) in [5.74, 6) is -0.0212. The van der Waals surface area contributed by atoms with Crippen LogP contribution >= 0.6 is 34.8 Å². The molecule has 0 radical (unpaired) electrons. The molecule has 2 aromatic carbocycles. The van der Waals surface area contributed by atoms with E-state index in [2.05, 4.69) is 5.32 Å². The van der Waals surface area contributed by atoms with E-state index in [1.54, 1.807) is 12.1 Å². The van der Waals surface area contributed by atoms with E-state index in [9.17, 15) is 4.79 Å². The Labute approximate surface area is 168 Å². The summed E-state index contributed by atoms with van der Waals surface area (Å²) >= 11 is 18.5. The highest BCUT2D eigenvalue weighted by atomic mass is 35.5. The maximum atomic E-state index is 13.1. The van der Waals surface area contributed by atoms with Crippen LogP contribution in [0.15, 0.2) is 42.5 Å². The molecule has 0 bridgehead atoms. The van der Waals surface area contributed by atoms with Crippen LogP contribution in [0.3, 0.4) is 0 Å². The van der Waals surface area contributed by atoms with Crippen LogP contribution in [0.25, 0.3) is 0 Å². The van der Waals surface area contributed by atoms with E-state index in [4.69, 9.17) is 39.5 Å². The van der Waals surface area contributed by atoms with Crippen LogP contribution in [0.5, 0.6) is 0 Å². The fraction of sp³-hybridized carbons (Fsp3) is 0.350. The first-order valence-electron chi connectivity index (χ1n) is 8.57. The van der Waals surface area contributed by atoms with Gasteiger partial charge in [-0.25, -0.2) is 0 Å². The average molecular weight is 413 g/mol. The van der Waals surface area contributed by atoms with Crippen LogP contribution in [-0.4, -0.2) is 25.7 Å². The largest absolute Gasteiger partial charge is 0.381 e. The van der Waals surface area contributed by atoms with Crippen LogP contribution in [-0.2, 0) is 21.4 Å². The van der Waals surface area contributed by atoms with Crippen molar-refractivity contribution in [1.82, 2.24) is 5.32 Å². The van der Waals surface area contributed by atoms with Crippen molar-refractivity contribution in [3.8, 4) is 0 Å². The number of nitrogens with one attached hydrogen (secondary N) is 1. The van der Waals surface area contributed by atoms with E-state index in [-0.39, 0.29) is 5.91 Å². The molecule has 26 heavy (non-hydrogen) atoms. The van der Waals surface area contributed by atoms with Crippen LogP contribution in [0.2, 0.25) is 15.1 Å². The summed E-state index contributed by atoms with van der Waals surface area (Å²) in [6.07, 6.45) is 1.90. The number of rotatable bonds is 5. The lowest BCUT2D eigenvalue weighted by atomic mass is 9.73. The molecule has 0 atom stereocenters. The number of amides is 1. The van der Waals surface area contributed by atoms with E-state index in [1.165, 1.54) is 0 Å². The zero-order valence-corrected chi connectivity index (χ0v) is 16.5. The Hall–Kier alpha value is -1.26. The molecule has 6 heteroatoms. The van der Waals surface area contributed by atoms with Crippen LogP contribution in [0.1, 0.15) is 24.0 Å². The summed E-state index contributed by atoms with van der Waals surface area (Å²) in [4.78, 5) is 13.1. The molecule has 0 unspecified atom stereocenters. The summed E-state index contributed by atoms with van der Waals surface area (Å²) in [7, 11) is 0. The standard InChI is InChI=1S/C20H20Cl3NO2/c21-15-3-1-2-14(12-15)6-9-24-19(25)20(7-10-26-11-8-20)17-5-4-16(22)13-18(17)23/h1-5,12-13H,6-11H2,(H,24,25). The zero-order chi connectivity index (χ0) is 18.6. The lowest BCUT2D eigenvalue weighted by molar-refractivity contribution is -0.130. The van der Waals surface area contributed by atoms with Gasteiger partial charge in [-0.3, -0.25) is 4.79 Å². The smallest absolute Gasteiger partial charge is 0.230 e. The molecule has 2 aromatic rings. The van der Waals surface area contributed by atoms with Gasteiger partial charge in [-0.2, -0.15) is 0 Å². The third-order valence-corrected chi connectivity index (χ3v) is 5.60. The topological polar surface area (TPSA) is 38.3 Å². The first-order chi connectivity index (χ1) is 12.5. The fourth-order valence-corrected chi connectivity index (χ4v) is 4.20. The summed E-state index contributed by atoms with van der Waals surface area (Å²) in [6.45, 7) is 1.59. The van der Waals surface area contributed by atoms with E-state index in [0.717, 1.165) is 11.1 Å². The van der Waals surface area contributed by atoms with Gasteiger partial charge in [0.2, 0.25) is 5.91 Å². The molecule has 1 fully saturated rings. The number of benzene rings is 2. The lowest BCUT2D eigenvalue weighted by Gasteiger charge is -2.37. The van der Waals surface area contributed by atoms with Crippen molar-refractivity contribution in [2.45, 2.75) is 24.7 Å². The minimum atomic E-state index is -0.686. The molecule has 1 aliphatic heterocycles. The molecule has 3 rings (SSSR count). The molecule has 0 spiro atoms. The third kappa shape index (κ3) is 4.34. The summed E-state index contributed by atoms with van der Waals surface area (Å²) in [5, 5.41) is 4.84. The van der Waals surface area contributed by atoms with Gasteiger partial charge in [0.25, 0.3) is 0 Å². The average Bonchev–Trinajstić information content (AvgIpc) is 2.62. The second kappa shape index (κ2) is 8.62. The first-order valence-corrected chi connectivity index (χ1v) is 9.71. The van der Waals surface area contributed by atoms with Crippen molar-refractivity contribution in [2.75, 3.05) is 19.8 Å². The number of carbonyl (C=O) groups excluding carboxylic acids is 1. The van der Waals surface area contributed by atoms with Gasteiger partial charge in [0.05, 0.1) is 5.41 Å². The predicted octanol–water partition coefficient (Wildman–Crippen LogP) is 5.05. The highest BCUT2D eigenvalue weighted by Crippen LogP contribution is 2.39. The van der Waals surface area contributed by atoms with Crippen molar-refractivity contribution >= 4 is 40.7 Å². The maximum Gasteiger partial charge on any atom is 0.230 e. The van der Waals surface area contributed by atoms with Crippen molar-refractivity contribution < 1.29 is 9.53 Å². The quantitative estimate of drug-likeness (QED) is 0.746. The molecule has 1 aliphatic rings. The zero-order valence-electron chi connectivity index (χ0n) is 14.2. The molecule has 3 nitrogen and oxygen atoms in total. The molecule has 1 N–H and O–H groups in total.